The number of hydrogen-bond acceptors (Lipinski definition) is 5. The third-order valence-electron chi connectivity index (χ3n) is 5.26. The van der Waals surface area contributed by atoms with Crippen LogP contribution in [0, 0.1) is 10.1 Å². The quantitative estimate of drug-likeness (QED) is 0.331. The van der Waals surface area contributed by atoms with E-state index in [1.165, 1.54) is 29.2 Å². The second kappa shape index (κ2) is 7.07. The van der Waals surface area contributed by atoms with Gasteiger partial charge in [0, 0.05) is 22.8 Å². The number of fused-ring (bicyclic) bond motifs is 2. The fourth-order valence-corrected chi connectivity index (χ4v) is 4.10. The maximum atomic E-state index is 13.5. The van der Waals surface area contributed by atoms with Crippen molar-refractivity contribution >= 4 is 39.9 Å². The summed E-state index contributed by atoms with van der Waals surface area (Å²) >= 11 is 6.07. The van der Waals surface area contributed by atoms with Crippen molar-refractivity contribution in [3.8, 4) is 0 Å². The second-order valence-electron chi connectivity index (χ2n) is 7.08. The van der Waals surface area contributed by atoms with E-state index >= 15 is 0 Å². The first kappa shape index (κ1) is 19.0. The molecule has 1 aromatic heterocycles. The van der Waals surface area contributed by atoms with E-state index in [-0.39, 0.29) is 28.0 Å². The molecule has 1 aliphatic rings. The molecule has 0 spiro atoms. The predicted molar refractivity (Wildman–Crippen MR) is 116 cm³/mol. The topological polar surface area (TPSA) is 93.7 Å². The van der Waals surface area contributed by atoms with Gasteiger partial charge in [-0.2, -0.15) is 0 Å². The average Bonchev–Trinajstić information content (AvgIpc) is 3.07. The van der Waals surface area contributed by atoms with Crippen molar-refractivity contribution in [2.75, 3.05) is 4.90 Å². The van der Waals surface area contributed by atoms with Crippen LogP contribution in [-0.4, -0.2) is 10.8 Å². The van der Waals surface area contributed by atoms with Gasteiger partial charge in [0.1, 0.15) is 5.58 Å². The summed E-state index contributed by atoms with van der Waals surface area (Å²) in [6.07, 6.45) is 0. The molecule has 0 bridgehead atoms. The number of rotatable bonds is 3. The largest absolute Gasteiger partial charge is 0.450 e. The standard InChI is InChI=1S/C23H13ClN2O5/c24-14-9-10-18-17(12-14)21(27)19-20(13-5-4-8-16(11-13)26(29)30)25(23(28)22(19)31-18)15-6-2-1-3-7-15/h1-12,20H. The fraction of sp³-hybridized carbons (Fsp3) is 0.0435. The minimum Gasteiger partial charge on any atom is -0.450 e. The van der Waals surface area contributed by atoms with E-state index in [0.717, 1.165) is 0 Å². The first-order valence-corrected chi connectivity index (χ1v) is 9.73. The Kier molecular flexibility index (Phi) is 4.34. The van der Waals surface area contributed by atoms with E-state index in [2.05, 4.69) is 0 Å². The Morgan fingerprint density at radius 1 is 0.968 bits per heavy atom. The smallest absolute Gasteiger partial charge is 0.295 e. The van der Waals surface area contributed by atoms with Gasteiger partial charge in [-0.1, -0.05) is 41.9 Å². The number of carbonyl (C=O) groups is 1. The van der Waals surface area contributed by atoms with Crippen molar-refractivity contribution in [2.45, 2.75) is 6.04 Å². The number of nitro benzene ring substituents is 1. The Morgan fingerprint density at radius 3 is 2.48 bits per heavy atom. The Hall–Kier alpha value is -3.97. The number of nitro groups is 1. The van der Waals surface area contributed by atoms with Crippen molar-refractivity contribution in [2.24, 2.45) is 0 Å². The SMILES string of the molecule is O=C1c2oc3ccc(Cl)cc3c(=O)c2C(c2cccc([N+](=O)[O-])c2)N1c1ccccc1. The highest BCUT2D eigenvalue weighted by Crippen LogP contribution is 2.41. The molecular formula is C23H13ClN2O5. The van der Waals surface area contributed by atoms with Gasteiger partial charge in [0.2, 0.25) is 5.76 Å². The highest BCUT2D eigenvalue weighted by atomic mass is 35.5. The van der Waals surface area contributed by atoms with Crippen LogP contribution in [0.2, 0.25) is 5.02 Å². The highest BCUT2D eigenvalue weighted by Gasteiger charge is 2.44. The van der Waals surface area contributed by atoms with Gasteiger partial charge in [0.25, 0.3) is 11.6 Å². The Morgan fingerprint density at radius 2 is 1.74 bits per heavy atom. The molecule has 2 heterocycles. The summed E-state index contributed by atoms with van der Waals surface area (Å²) < 4.78 is 5.85. The lowest BCUT2D eigenvalue weighted by Gasteiger charge is -2.25. The van der Waals surface area contributed by atoms with E-state index in [1.807, 2.05) is 0 Å². The molecule has 7 nitrogen and oxygen atoms in total. The van der Waals surface area contributed by atoms with Crippen LogP contribution in [0.1, 0.15) is 27.7 Å². The van der Waals surface area contributed by atoms with Gasteiger partial charge in [-0.3, -0.25) is 24.6 Å². The summed E-state index contributed by atoms with van der Waals surface area (Å²) in [6.45, 7) is 0. The number of non-ortho nitro benzene ring substituents is 1. The molecule has 31 heavy (non-hydrogen) atoms. The van der Waals surface area contributed by atoms with Gasteiger partial charge in [-0.05, 0) is 35.9 Å². The molecule has 0 fully saturated rings. The molecule has 1 amide bonds. The highest BCUT2D eigenvalue weighted by molar-refractivity contribution is 6.31. The molecule has 0 saturated heterocycles. The zero-order chi connectivity index (χ0) is 21.7. The first-order chi connectivity index (χ1) is 15.0. The molecule has 4 aromatic rings. The second-order valence-corrected chi connectivity index (χ2v) is 7.52. The Bertz CT molecular complexity index is 1430. The lowest BCUT2D eigenvalue weighted by molar-refractivity contribution is -0.384. The number of carbonyl (C=O) groups excluding carboxylic acids is 1. The summed E-state index contributed by atoms with van der Waals surface area (Å²) in [4.78, 5) is 39.1. The summed E-state index contributed by atoms with van der Waals surface area (Å²) in [5, 5.41) is 11.9. The number of hydrogen-bond donors (Lipinski definition) is 0. The Balaban J connectivity index is 1.83. The monoisotopic (exact) mass is 432 g/mol. The van der Waals surface area contributed by atoms with Crippen LogP contribution >= 0.6 is 11.6 Å². The predicted octanol–water partition coefficient (Wildman–Crippen LogP) is 5.10. The van der Waals surface area contributed by atoms with Crippen LogP contribution in [0.3, 0.4) is 0 Å². The van der Waals surface area contributed by atoms with Gasteiger partial charge in [0.05, 0.1) is 21.9 Å². The molecule has 0 aliphatic carbocycles. The number of benzene rings is 3. The summed E-state index contributed by atoms with van der Waals surface area (Å²) in [5.74, 6) is -0.577. The molecule has 8 heteroatoms. The number of amides is 1. The lowest BCUT2D eigenvalue weighted by Crippen LogP contribution is -2.29. The molecule has 1 aliphatic heterocycles. The maximum Gasteiger partial charge on any atom is 0.295 e. The molecule has 1 unspecified atom stereocenters. The van der Waals surface area contributed by atoms with Crippen LogP contribution in [0.15, 0.2) is 82.0 Å². The minimum atomic E-state index is -0.885. The molecular weight excluding hydrogens is 420 g/mol. The van der Waals surface area contributed by atoms with Gasteiger partial charge >= 0.3 is 0 Å². The molecule has 1 atom stereocenters. The van der Waals surface area contributed by atoms with Crippen molar-refractivity contribution in [3.63, 3.8) is 0 Å². The van der Waals surface area contributed by atoms with E-state index in [4.69, 9.17) is 16.0 Å². The van der Waals surface area contributed by atoms with Crippen molar-refractivity contribution in [1.29, 1.82) is 0 Å². The maximum absolute atomic E-state index is 13.5. The molecule has 3 aromatic carbocycles. The van der Waals surface area contributed by atoms with Crippen molar-refractivity contribution < 1.29 is 14.1 Å². The zero-order valence-corrected chi connectivity index (χ0v) is 16.6. The number of para-hydroxylation sites is 1. The van der Waals surface area contributed by atoms with Gasteiger partial charge < -0.3 is 4.42 Å². The van der Waals surface area contributed by atoms with E-state index < -0.39 is 22.3 Å². The van der Waals surface area contributed by atoms with E-state index in [0.29, 0.717) is 16.3 Å². The third kappa shape index (κ3) is 2.98. The first-order valence-electron chi connectivity index (χ1n) is 9.35. The van der Waals surface area contributed by atoms with Crippen molar-refractivity contribution in [1.82, 2.24) is 0 Å². The van der Waals surface area contributed by atoms with E-state index in [9.17, 15) is 19.7 Å². The summed E-state index contributed by atoms with van der Waals surface area (Å²) in [6, 6.07) is 18.4. The molecule has 152 valence electrons. The molecule has 0 N–H and O–H groups in total. The van der Waals surface area contributed by atoms with Gasteiger partial charge in [0.15, 0.2) is 5.43 Å². The number of halogens is 1. The van der Waals surface area contributed by atoms with Crippen LogP contribution in [-0.2, 0) is 0 Å². The summed E-state index contributed by atoms with van der Waals surface area (Å²) in [7, 11) is 0. The van der Waals surface area contributed by atoms with E-state index in [1.54, 1.807) is 48.5 Å². The van der Waals surface area contributed by atoms with Gasteiger partial charge in [-0.15, -0.1) is 0 Å². The zero-order valence-electron chi connectivity index (χ0n) is 15.8. The lowest BCUT2D eigenvalue weighted by atomic mass is 9.98. The molecule has 5 rings (SSSR count). The van der Waals surface area contributed by atoms with Crippen LogP contribution in [0.25, 0.3) is 11.0 Å². The van der Waals surface area contributed by atoms with Crippen LogP contribution in [0.4, 0.5) is 11.4 Å². The number of anilines is 1. The van der Waals surface area contributed by atoms with Gasteiger partial charge in [-0.25, -0.2) is 0 Å². The fourth-order valence-electron chi connectivity index (χ4n) is 3.92. The average molecular weight is 433 g/mol. The normalized spacial score (nSPS) is 15.3. The van der Waals surface area contributed by atoms with Crippen LogP contribution in [0.5, 0.6) is 0 Å². The number of nitrogens with zero attached hydrogens (tertiary/aromatic N) is 2. The molecule has 0 radical (unpaired) electrons. The Labute approximate surface area is 180 Å². The summed E-state index contributed by atoms with van der Waals surface area (Å²) in [5.41, 5.74) is 0.802. The minimum absolute atomic E-state index is 0.0832. The van der Waals surface area contributed by atoms with Crippen molar-refractivity contribution in [3.05, 3.63) is 115 Å². The third-order valence-corrected chi connectivity index (χ3v) is 5.50. The van der Waals surface area contributed by atoms with Crippen LogP contribution < -0.4 is 10.3 Å². The molecule has 0 saturated carbocycles.